The third kappa shape index (κ3) is 5.98. The number of hydrogen-bond acceptors (Lipinski definition) is 4. The topological polar surface area (TPSA) is 104 Å². The predicted molar refractivity (Wildman–Crippen MR) is 105 cm³/mol. The van der Waals surface area contributed by atoms with Crippen LogP contribution in [0, 0.1) is 5.92 Å². The Kier molecular flexibility index (Phi) is 8.51. The third-order valence-corrected chi connectivity index (χ3v) is 4.10. The van der Waals surface area contributed by atoms with Crippen molar-refractivity contribution in [2.75, 3.05) is 13.1 Å². The van der Waals surface area contributed by atoms with E-state index in [4.69, 9.17) is 5.73 Å². The number of fused-ring (bicyclic) bond motifs is 1. The largest absolute Gasteiger partial charge is 0.387 e. The van der Waals surface area contributed by atoms with Gasteiger partial charge in [-0.25, -0.2) is 0 Å². The van der Waals surface area contributed by atoms with Gasteiger partial charge in [0.1, 0.15) is 0 Å². The summed E-state index contributed by atoms with van der Waals surface area (Å²) in [6.45, 7) is 3.58. The number of nitrogens with two attached hydrogens (primary N) is 1. The molecule has 2 aromatic carbocycles. The Morgan fingerprint density at radius 1 is 1.08 bits per heavy atom. The maximum atomic E-state index is 11.8. The van der Waals surface area contributed by atoms with Crippen molar-refractivity contribution >= 4 is 35.0 Å². The summed E-state index contributed by atoms with van der Waals surface area (Å²) in [5, 5.41) is 17.5. The lowest BCUT2D eigenvalue weighted by molar-refractivity contribution is -0.127. The predicted octanol–water partition coefficient (Wildman–Crippen LogP) is 1.51. The standard InChI is InChI=1S/C19H25N3O3.ClH/c1-12(2)18(20)19(25)22-11-17(24)21-10-16(23)15-8-7-13-5-3-4-6-14(13)9-15;/h3-9,12,16,18,23H,10-11,20H2,1-2H3,(H,21,24)(H,22,25);1H/t16?,18-;/m0./s1. The molecule has 2 amide bonds. The first-order valence-electron chi connectivity index (χ1n) is 8.35. The van der Waals surface area contributed by atoms with Gasteiger partial charge in [-0.3, -0.25) is 9.59 Å². The molecule has 0 aliphatic rings. The molecular weight excluding hydrogens is 354 g/mol. The summed E-state index contributed by atoms with van der Waals surface area (Å²) in [4.78, 5) is 23.5. The van der Waals surface area contributed by atoms with Gasteiger partial charge in [0.15, 0.2) is 0 Å². The molecule has 0 spiro atoms. The molecule has 5 N–H and O–H groups in total. The van der Waals surface area contributed by atoms with E-state index < -0.39 is 12.1 Å². The van der Waals surface area contributed by atoms with Crippen LogP contribution < -0.4 is 16.4 Å². The van der Waals surface area contributed by atoms with Crippen LogP contribution in [0.4, 0.5) is 0 Å². The highest BCUT2D eigenvalue weighted by Crippen LogP contribution is 2.19. The van der Waals surface area contributed by atoms with E-state index in [1.165, 1.54) is 0 Å². The zero-order chi connectivity index (χ0) is 18.4. The van der Waals surface area contributed by atoms with Gasteiger partial charge in [0, 0.05) is 6.54 Å². The van der Waals surface area contributed by atoms with Gasteiger partial charge in [-0.1, -0.05) is 50.2 Å². The fraction of sp³-hybridized carbons (Fsp3) is 0.368. The van der Waals surface area contributed by atoms with Gasteiger partial charge in [0.05, 0.1) is 18.7 Å². The summed E-state index contributed by atoms with van der Waals surface area (Å²) in [5.74, 6) is -0.734. The molecule has 0 radical (unpaired) electrons. The molecule has 0 aliphatic heterocycles. The first-order chi connectivity index (χ1) is 11.9. The van der Waals surface area contributed by atoms with Crippen LogP contribution in [0.5, 0.6) is 0 Å². The Bertz CT molecular complexity index is 752. The van der Waals surface area contributed by atoms with Crippen molar-refractivity contribution in [3.63, 3.8) is 0 Å². The number of rotatable bonds is 7. The lowest BCUT2D eigenvalue weighted by atomic mass is 10.0. The van der Waals surface area contributed by atoms with Crippen molar-refractivity contribution in [2.24, 2.45) is 11.7 Å². The molecule has 0 aromatic heterocycles. The summed E-state index contributed by atoms with van der Waals surface area (Å²) in [6.07, 6.45) is -0.817. The molecule has 6 nitrogen and oxygen atoms in total. The Morgan fingerprint density at radius 3 is 2.38 bits per heavy atom. The molecule has 1 unspecified atom stereocenters. The molecule has 26 heavy (non-hydrogen) atoms. The van der Waals surface area contributed by atoms with Crippen LogP contribution in [-0.4, -0.2) is 36.1 Å². The van der Waals surface area contributed by atoms with Gasteiger partial charge >= 0.3 is 0 Å². The minimum atomic E-state index is -0.817. The number of nitrogens with one attached hydrogen (secondary N) is 2. The van der Waals surface area contributed by atoms with E-state index in [1.807, 2.05) is 56.3 Å². The van der Waals surface area contributed by atoms with Crippen LogP contribution >= 0.6 is 12.4 Å². The molecule has 0 fully saturated rings. The molecule has 2 rings (SSSR count). The number of amides is 2. The second-order valence-corrected chi connectivity index (χ2v) is 6.41. The number of benzene rings is 2. The summed E-state index contributed by atoms with van der Waals surface area (Å²) in [6, 6.07) is 12.9. The van der Waals surface area contributed by atoms with E-state index in [2.05, 4.69) is 10.6 Å². The Hall–Kier alpha value is -2.15. The van der Waals surface area contributed by atoms with Crippen LogP contribution in [0.2, 0.25) is 0 Å². The molecule has 2 aromatic rings. The zero-order valence-electron chi connectivity index (χ0n) is 14.9. The van der Waals surface area contributed by atoms with Crippen molar-refractivity contribution in [2.45, 2.75) is 26.0 Å². The number of halogens is 1. The number of carbonyl (C=O) groups excluding carboxylic acids is 2. The average Bonchev–Trinajstić information content (AvgIpc) is 2.62. The van der Waals surface area contributed by atoms with Crippen molar-refractivity contribution in [1.82, 2.24) is 10.6 Å². The molecule has 2 atom stereocenters. The monoisotopic (exact) mass is 379 g/mol. The minimum absolute atomic E-state index is 0. The Balaban J connectivity index is 0.00000338. The van der Waals surface area contributed by atoms with Gasteiger partial charge in [-0.2, -0.15) is 0 Å². The van der Waals surface area contributed by atoms with E-state index in [0.29, 0.717) is 0 Å². The Morgan fingerprint density at radius 2 is 1.73 bits per heavy atom. The van der Waals surface area contributed by atoms with Crippen molar-refractivity contribution in [3.8, 4) is 0 Å². The van der Waals surface area contributed by atoms with Gasteiger partial charge in [-0.15, -0.1) is 12.4 Å². The molecule has 0 bridgehead atoms. The SMILES string of the molecule is CC(C)[C@H](N)C(=O)NCC(=O)NCC(O)c1ccc2ccccc2c1.Cl. The van der Waals surface area contributed by atoms with Crippen LogP contribution in [0.3, 0.4) is 0 Å². The van der Waals surface area contributed by atoms with Crippen LogP contribution in [-0.2, 0) is 9.59 Å². The van der Waals surface area contributed by atoms with Crippen molar-refractivity contribution in [1.29, 1.82) is 0 Å². The summed E-state index contributed by atoms with van der Waals surface area (Å²) < 4.78 is 0. The van der Waals surface area contributed by atoms with E-state index in [1.54, 1.807) is 0 Å². The van der Waals surface area contributed by atoms with Crippen LogP contribution in [0.15, 0.2) is 42.5 Å². The number of carbonyl (C=O) groups is 2. The third-order valence-electron chi connectivity index (χ3n) is 4.10. The van der Waals surface area contributed by atoms with Gasteiger partial charge in [-0.05, 0) is 28.3 Å². The zero-order valence-corrected chi connectivity index (χ0v) is 15.8. The lowest BCUT2D eigenvalue weighted by Gasteiger charge is -2.16. The smallest absolute Gasteiger partial charge is 0.239 e. The van der Waals surface area contributed by atoms with Crippen molar-refractivity contribution < 1.29 is 14.7 Å². The highest BCUT2D eigenvalue weighted by Gasteiger charge is 2.18. The van der Waals surface area contributed by atoms with Crippen LogP contribution in [0.25, 0.3) is 10.8 Å². The molecule has 7 heteroatoms. The summed E-state index contributed by atoms with van der Waals surface area (Å²) in [5.41, 5.74) is 6.43. The van der Waals surface area contributed by atoms with Crippen LogP contribution in [0.1, 0.15) is 25.5 Å². The molecule has 0 aliphatic carbocycles. The maximum Gasteiger partial charge on any atom is 0.239 e. The second kappa shape index (κ2) is 10.1. The van der Waals surface area contributed by atoms with Gasteiger partial charge in [0.25, 0.3) is 0 Å². The maximum absolute atomic E-state index is 11.8. The Labute approximate surface area is 159 Å². The molecule has 0 saturated carbocycles. The quantitative estimate of drug-likeness (QED) is 0.585. The normalized spacial score (nSPS) is 13.0. The lowest BCUT2D eigenvalue weighted by Crippen LogP contribution is -2.47. The minimum Gasteiger partial charge on any atom is -0.387 e. The molecule has 0 heterocycles. The van der Waals surface area contributed by atoms with E-state index in [-0.39, 0.29) is 43.2 Å². The van der Waals surface area contributed by atoms with E-state index in [9.17, 15) is 14.7 Å². The number of aliphatic hydroxyl groups is 1. The fourth-order valence-electron chi connectivity index (χ4n) is 2.39. The van der Waals surface area contributed by atoms with E-state index in [0.717, 1.165) is 16.3 Å². The number of aliphatic hydroxyl groups excluding tert-OH is 1. The number of hydrogen-bond donors (Lipinski definition) is 4. The van der Waals surface area contributed by atoms with Gasteiger partial charge < -0.3 is 21.5 Å². The summed E-state index contributed by atoms with van der Waals surface area (Å²) >= 11 is 0. The highest BCUT2D eigenvalue weighted by molar-refractivity contribution is 5.87. The first kappa shape index (κ1) is 21.9. The highest BCUT2D eigenvalue weighted by atomic mass is 35.5. The fourth-order valence-corrected chi connectivity index (χ4v) is 2.39. The first-order valence-corrected chi connectivity index (χ1v) is 8.35. The van der Waals surface area contributed by atoms with Crippen molar-refractivity contribution in [3.05, 3.63) is 48.0 Å². The molecule has 0 saturated heterocycles. The van der Waals surface area contributed by atoms with E-state index >= 15 is 0 Å². The second-order valence-electron chi connectivity index (χ2n) is 6.41. The average molecular weight is 380 g/mol. The molecular formula is C19H26ClN3O3. The summed E-state index contributed by atoms with van der Waals surface area (Å²) in [7, 11) is 0. The van der Waals surface area contributed by atoms with Gasteiger partial charge in [0.2, 0.25) is 11.8 Å². The molecule has 142 valence electrons.